The van der Waals surface area contributed by atoms with Crippen LogP contribution in [0.4, 0.5) is 0 Å². The van der Waals surface area contributed by atoms with Crippen molar-refractivity contribution in [2.75, 3.05) is 13.7 Å². The van der Waals surface area contributed by atoms with Gasteiger partial charge in [0, 0.05) is 13.0 Å². The van der Waals surface area contributed by atoms with Gasteiger partial charge in [-0.1, -0.05) is 25.8 Å². The summed E-state index contributed by atoms with van der Waals surface area (Å²) in [5.41, 5.74) is 0.806. The molecule has 1 rings (SSSR count). The second-order valence-electron chi connectivity index (χ2n) is 4.51. The fourth-order valence-corrected chi connectivity index (χ4v) is 1.72. The molecule has 0 atom stereocenters. The molecule has 5 heteroatoms. The quantitative estimate of drug-likeness (QED) is 0.411. The van der Waals surface area contributed by atoms with E-state index in [1.807, 2.05) is 0 Å². The first-order chi connectivity index (χ1) is 9.58. The summed E-state index contributed by atoms with van der Waals surface area (Å²) in [4.78, 5) is 10.2. The summed E-state index contributed by atoms with van der Waals surface area (Å²) >= 11 is 0. The van der Waals surface area contributed by atoms with E-state index in [1.165, 1.54) is 13.0 Å². The number of hydrogen-bond acceptors (Lipinski definition) is 4. The van der Waals surface area contributed by atoms with Gasteiger partial charge in [0.1, 0.15) is 0 Å². The summed E-state index contributed by atoms with van der Waals surface area (Å²) in [5, 5.41) is 10.6. The molecule has 0 radical (unpaired) electrons. The molecular weight excluding hydrogens is 258 g/mol. The van der Waals surface area contributed by atoms with Crippen LogP contribution in [0.15, 0.2) is 23.9 Å². The van der Waals surface area contributed by atoms with E-state index in [2.05, 4.69) is 6.92 Å². The molecule has 0 saturated heterocycles. The number of allylic oxidation sites excluding steroid dienone is 1. The Kier molecular flexibility index (Phi) is 6.56. The molecule has 0 amide bonds. The van der Waals surface area contributed by atoms with Crippen LogP contribution in [0, 0.1) is 10.1 Å². The van der Waals surface area contributed by atoms with Crippen LogP contribution in [0.25, 0.3) is 6.08 Å². The van der Waals surface area contributed by atoms with Crippen molar-refractivity contribution in [3.8, 4) is 11.5 Å². The maximum Gasteiger partial charge on any atom is 0.243 e. The average molecular weight is 279 g/mol. The summed E-state index contributed by atoms with van der Waals surface area (Å²) in [7, 11) is 1.56. The number of nitrogens with zero attached hydrogens (tertiary/aromatic N) is 1. The number of benzene rings is 1. The van der Waals surface area contributed by atoms with E-state index in [0.29, 0.717) is 18.1 Å². The second-order valence-corrected chi connectivity index (χ2v) is 4.51. The lowest BCUT2D eigenvalue weighted by atomic mass is 10.1. The zero-order valence-corrected chi connectivity index (χ0v) is 12.2. The fraction of sp³-hybridized carbons (Fsp3) is 0.467. The van der Waals surface area contributed by atoms with Crippen molar-refractivity contribution in [2.45, 2.75) is 33.1 Å². The number of unbranched alkanes of at least 4 members (excludes halogenated alkanes) is 2. The lowest BCUT2D eigenvalue weighted by Crippen LogP contribution is -1.99. The zero-order chi connectivity index (χ0) is 15.0. The predicted octanol–water partition coefficient (Wildman–Crippen LogP) is 3.90. The summed E-state index contributed by atoms with van der Waals surface area (Å²) < 4.78 is 10.9. The predicted molar refractivity (Wildman–Crippen MR) is 78.7 cm³/mol. The number of nitro groups is 1. The van der Waals surface area contributed by atoms with Crippen LogP contribution < -0.4 is 9.47 Å². The van der Waals surface area contributed by atoms with Crippen LogP contribution in [0.2, 0.25) is 0 Å². The minimum atomic E-state index is -0.415. The first-order valence-corrected chi connectivity index (χ1v) is 6.72. The lowest BCUT2D eigenvalue weighted by molar-refractivity contribution is -0.422. The molecule has 20 heavy (non-hydrogen) atoms. The molecule has 0 aromatic heterocycles. The first kappa shape index (κ1) is 16.0. The summed E-state index contributed by atoms with van der Waals surface area (Å²) in [6, 6.07) is 5.30. The van der Waals surface area contributed by atoms with Crippen molar-refractivity contribution < 1.29 is 14.4 Å². The molecule has 0 heterocycles. The SMILES string of the molecule is CCCCCOc1ccc(/C=C(/C)[N+](=O)[O-])cc1OC. The topological polar surface area (TPSA) is 61.6 Å². The van der Waals surface area contributed by atoms with Crippen molar-refractivity contribution in [2.24, 2.45) is 0 Å². The Bertz CT molecular complexity index is 483. The van der Waals surface area contributed by atoms with Crippen LogP contribution in [0.5, 0.6) is 11.5 Å². The Balaban J connectivity index is 2.80. The molecule has 0 aliphatic carbocycles. The van der Waals surface area contributed by atoms with Gasteiger partial charge in [-0.25, -0.2) is 0 Å². The average Bonchev–Trinajstić information content (AvgIpc) is 2.44. The van der Waals surface area contributed by atoms with Crippen molar-refractivity contribution in [1.29, 1.82) is 0 Å². The van der Waals surface area contributed by atoms with Gasteiger partial charge in [-0.15, -0.1) is 0 Å². The molecule has 0 fully saturated rings. The molecule has 0 unspecified atom stereocenters. The summed E-state index contributed by atoms with van der Waals surface area (Å²) in [5.74, 6) is 1.26. The van der Waals surface area contributed by atoms with Gasteiger partial charge >= 0.3 is 0 Å². The number of methoxy groups -OCH3 is 1. The Morgan fingerprint density at radius 3 is 2.70 bits per heavy atom. The molecule has 0 aliphatic rings. The Hall–Kier alpha value is -2.04. The van der Waals surface area contributed by atoms with Crippen LogP contribution >= 0.6 is 0 Å². The van der Waals surface area contributed by atoms with E-state index >= 15 is 0 Å². The van der Waals surface area contributed by atoms with E-state index in [1.54, 1.807) is 25.3 Å². The normalized spacial score (nSPS) is 11.2. The first-order valence-electron chi connectivity index (χ1n) is 6.72. The summed E-state index contributed by atoms with van der Waals surface area (Å²) in [6.45, 7) is 4.24. The Morgan fingerprint density at radius 1 is 1.35 bits per heavy atom. The van der Waals surface area contributed by atoms with Crippen LogP contribution in [-0.4, -0.2) is 18.6 Å². The van der Waals surface area contributed by atoms with Crippen molar-refractivity contribution in [3.63, 3.8) is 0 Å². The fourth-order valence-electron chi connectivity index (χ4n) is 1.72. The van der Waals surface area contributed by atoms with Crippen LogP contribution in [0.1, 0.15) is 38.7 Å². The van der Waals surface area contributed by atoms with Crippen LogP contribution in [0.3, 0.4) is 0 Å². The highest BCUT2D eigenvalue weighted by Crippen LogP contribution is 2.29. The zero-order valence-electron chi connectivity index (χ0n) is 12.2. The lowest BCUT2D eigenvalue weighted by Gasteiger charge is -2.11. The van der Waals surface area contributed by atoms with Crippen molar-refractivity contribution in [1.82, 2.24) is 0 Å². The Labute approximate surface area is 119 Å². The monoisotopic (exact) mass is 279 g/mol. The van der Waals surface area contributed by atoms with E-state index in [-0.39, 0.29) is 5.70 Å². The minimum absolute atomic E-state index is 0.0867. The number of rotatable bonds is 8. The molecule has 110 valence electrons. The molecule has 0 N–H and O–H groups in total. The molecule has 0 spiro atoms. The van der Waals surface area contributed by atoms with E-state index in [0.717, 1.165) is 24.8 Å². The maximum atomic E-state index is 10.6. The number of ether oxygens (including phenoxy) is 2. The molecule has 1 aromatic rings. The van der Waals surface area contributed by atoms with Crippen molar-refractivity contribution in [3.05, 3.63) is 39.6 Å². The standard InChI is InChI=1S/C15H21NO4/c1-4-5-6-9-20-14-8-7-13(11-15(14)19-3)10-12(2)16(17)18/h7-8,10-11H,4-6,9H2,1-3H3/b12-10-. The Morgan fingerprint density at radius 2 is 2.10 bits per heavy atom. The number of hydrogen-bond donors (Lipinski definition) is 0. The molecular formula is C15H21NO4. The van der Waals surface area contributed by atoms with Crippen LogP contribution in [-0.2, 0) is 0 Å². The molecule has 0 saturated carbocycles. The molecule has 1 aromatic carbocycles. The van der Waals surface area contributed by atoms with Gasteiger partial charge in [0.2, 0.25) is 5.70 Å². The third-order valence-electron chi connectivity index (χ3n) is 2.86. The van der Waals surface area contributed by atoms with Gasteiger partial charge in [-0.05, 0) is 24.1 Å². The highest BCUT2D eigenvalue weighted by molar-refractivity contribution is 5.56. The van der Waals surface area contributed by atoms with Crippen molar-refractivity contribution >= 4 is 6.08 Å². The minimum Gasteiger partial charge on any atom is -0.493 e. The van der Waals surface area contributed by atoms with Gasteiger partial charge in [0.15, 0.2) is 11.5 Å². The molecule has 0 aliphatic heterocycles. The highest BCUT2D eigenvalue weighted by Gasteiger charge is 2.07. The maximum absolute atomic E-state index is 10.6. The van der Waals surface area contributed by atoms with E-state index in [9.17, 15) is 10.1 Å². The third-order valence-corrected chi connectivity index (χ3v) is 2.86. The van der Waals surface area contributed by atoms with Gasteiger partial charge in [0.25, 0.3) is 0 Å². The largest absolute Gasteiger partial charge is 0.493 e. The third kappa shape index (κ3) is 4.91. The van der Waals surface area contributed by atoms with Gasteiger partial charge in [-0.3, -0.25) is 10.1 Å². The van der Waals surface area contributed by atoms with Gasteiger partial charge < -0.3 is 9.47 Å². The van der Waals surface area contributed by atoms with Gasteiger partial charge in [-0.2, -0.15) is 0 Å². The highest BCUT2D eigenvalue weighted by atomic mass is 16.6. The van der Waals surface area contributed by atoms with E-state index in [4.69, 9.17) is 9.47 Å². The summed E-state index contributed by atoms with van der Waals surface area (Å²) in [6.07, 6.45) is 4.78. The van der Waals surface area contributed by atoms with Gasteiger partial charge in [0.05, 0.1) is 18.6 Å². The second kappa shape index (κ2) is 8.19. The molecule has 0 bridgehead atoms. The van der Waals surface area contributed by atoms with E-state index < -0.39 is 4.92 Å². The molecule has 5 nitrogen and oxygen atoms in total. The smallest absolute Gasteiger partial charge is 0.243 e.